The van der Waals surface area contributed by atoms with Crippen LogP contribution in [0.25, 0.3) is 10.9 Å². The zero-order valence-electron chi connectivity index (χ0n) is 20.9. The normalized spacial score (nSPS) is 16.3. The third kappa shape index (κ3) is 7.02. The van der Waals surface area contributed by atoms with Crippen molar-refractivity contribution in [2.45, 2.75) is 45.1 Å². The second kappa shape index (κ2) is 13.1. The molecule has 5 rings (SSSR count). The predicted molar refractivity (Wildman–Crippen MR) is 154 cm³/mol. The topological polar surface area (TPSA) is 60.5 Å². The zero-order chi connectivity index (χ0) is 23.3. The maximum atomic E-state index is 12.3. The molecule has 2 aliphatic rings. The molecule has 2 N–H and O–H groups in total. The summed E-state index contributed by atoms with van der Waals surface area (Å²) in [6.07, 6.45) is 5.61. The van der Waals surface area contributed by atoms with Crippen LogP contribution in [-0.4, -0.2) is 54.7 Å². The number of aromatic nitrogens is 1. The molecule has 2 fully saturated rings. The Labute approximate surface area is 226 Å². The quantitative estimate of drug-likeness (QED) is 0.422. The maximum absolute atomic E-state index is 12.3. The molecule has 1 saturated carbocycles. The van der Waals surface area contributed by atoms with Crippen LogP contribution in [0.4, 0.5) is 16.2 Å². The molecule has 1 aliphatic carbocycles. The summed E-state index contributed by atoms with van der Waals surface area (Å²) in [6.45, 7) is 7.23. The van der Waals surface area contributed by atoms with Crippen LogP contribution in [0, 0.1) is 6.92 Å². The smallest absolute Gasteiger partial charge is 0.319 e. The minimum atomic E-state index is -0.0843. The van der Waals surface area contributed by atoms with Gasteiger partial charge in [-0.1, -0.05) is 31.0 Å². The van der Waals surface area contributed by atoms with Gasteiger partial charge in [0.25, 0.3) is 0 Å². The molecule has 0 spiro atoms. The number of nitrogens with one attached hydrogen (secondary N) is 2. The average molecular weight is 531 g/mol. The highest BCUT2D eigenvalue weighted by atomic mass is 35.5. The van der Waals surface area contributed by atoms with E-state index >= 15 is 0 Å². The summed E-state index contributed by atoms with van der Waals surface area (Å²) < 4.78 is 0. The number of piperazine rings is 1. The van der Waals surface area contributed by atoms with Gasteiger partial charge in [-0.05, 0) is 68.1 Å². The van der Waals surface area contributed by atoms with E-state index in [4.69, 9.17) is 4.98 Å². The van der Waals surface area contributed by atoms with E-state index in [0.717, 1.165) is 68.9 Å². The SMILES string of the molecule is Cc1ccc2c(N3CCN(CCc4cccc(NC(=O)NC5CCCC5)c4)CC3)cccc2n1.Cl.Cl. The Morgan fingerprint density at radius 2 is 1.72 bits per heavy atom. The highest BCUT2D eigenvalue weighted by Crippen LogP contribution is 2.27. The van der Waals surface area contributed by atoms with E-state index < -0.39 is 0 Å². The molecule has 36 heavy (non-hydrogen) atoms. The first-order valence-corrected chi connectivity index (χ1v) is 12.6. The van der Waals surface area contributed by atoms with Gasteiger partial charge in [-0.2, -0.15) is 0 Å². The zero-order valence-corrected chi connectivity index (χ0v) is 22.5. The van der Waals surface area contributed by atoms with E-state index in [1.807, 2.05) is 19.1 Å². The van der Waals surface area contributed by atoms with Crippen molar-refractivity contribution in [2.24, 2.45) is 0 Å². The number of amides is 2. The van der Waals surface area contributed by atoms with Gasteiger partial charge >= 0.3 is 6.03 Å². The summed E-state index contributed by atoms with van der Waals surface area (Å²) in [5.74, 6) is 0. The van der Waals surface area contributed by atoms with Crippen LogP contribution in [0.3, 0.4) is 0 Å². The number of carbonyl (C=O) groups excluding carboxylic acids is 1. The molecule has 1 aliphatic heterocycles. The molecular weight excluding hydrogens is 493 g/mol. The number of carbonyl (C=O) groups is 1. The summed E-state index contributed by atoms with van der Waals surface area (Å²) in [6, 6.07) is 19.3. The molecule has 0 atom stereocenters. The van der Waals surface area contributed by atoms with Crippen molar-refractivity contribution in [3.63, 3.8) is 0 Å². The third-order valence-electron chi connectivity index (χ3n) is 7.15. The van der Waals surface area contributed by atoms with Crippen molar-refractivity contribution < 1.29 is 4.79 Å². The second-order valence-electron chi connectivity index (χ2n) is 9.66. The fourth-order valence-electron chi connectivity index (χ4n) is 5.24. The van der Waals surface area contributed by atoms with Gasteiger partial charge in [-0.25, -0.2) is 4.79 Å². The van der Waals surface area contributed by atoms with Crippen LogP contribution in [-0.2, 0) is 6.42 Å². The lowest BCUT2D eigenvalue weighted by Crippen LogP contribution is -2.47. The molecule has 3 aromatic rings. The van der Waals surface area contributed by atoms with Crippen LogP contribution in [0.2, 0.25) is 0 Å². The van der Waals surface area contributed by atoms with Gasteiger partial charge in [0.05, 0.1) is 5.52 Å². The number of halogens is 2. The summed E-state index contributed by atoms with van der Waals surface area (Å²) >= 11 is 0. The van der Waals surface area contributed by atoms with Crippen molar-refractivity contribution >= 4 is 53.1 Å². The molecule has 2 amide bonds. The number of urea groups is 1. The Balaban J connectivity index is 0.00000180. The van der Waals surface area contributed by atoms with Crippen LogP contribution < -0.4 is 15.5 Å². The number of nitrogens with zero attached hydrogens (tertiary/aromatic N) is 3. The van der Waals surface area contributed by atoms with E-state index in [9.17, 15) is 4.79 Å². The van der Waals surface area contributed by atoms with Crippen molar-refractivity contribution in [3.05, 3.63) is 65.9 Å². The molecule has 6 nitrogen and oxygen atoms in total. The van der Waals surface area contributed by atoms with Crippen LogP contribution in [0.1, 0.15) is 36.9 Å². The summed E-state index contributed by atoms with van der Waals surface area (Å²) in [4.78, 5) is 22.0. The molecule has 0 radical (unpaired) electrons. The van der Waals surface area contributed by atoms with Crippen molar-refractivity contribution in [1.82, 2.24) is 15.2 Å². The fraction of sp³-hybridized carbons (Fsp3) is 0.429. The van der Waals surface area contributed by atoms with E-state index in [1.165, 1.54) is 29.5 Å². The van der Waals surface area contributed by atoms with E-state index in [1.54, 1.807) is 0 Å². The average Bonchev–Trinajstić information content (AvgIpc) is 3.35. The highest BCUT2D eigenvalue weighted by Gasteiger charge is 2.19. The lowest BCUT2D eigenvalue weighted by molar-refractivity contribution is 0.248. The minimum Gasteiger partial charge on any atom is -0.368 e. The number of hydrogen-bond acceptors (Lipinski definition) is 4. The number of pyridine rings is 1. The highest BCUT2D eigenvalue weighted by molar-refractivity contribution is 5.92. The first kappa shape index (κ1) is 28.0. The van der Waals surface area contributed by atoms with Gasteiger partial charge in [-0.3, -0.25) is 9.88 Å². The van der Waals surface area contributed by atoms with Crippen LogP contribution in [0.15, 0.2) is 54.6 Å². The number of benzene rings is 2. The van der Waals surface area contributed by atoms with Gasteiger partial charge in [0.15, 0.2) is 0 Å². The number of hydrogen-bond donors (Lipinski definition) is 2. The summed E-state index contributed by atoms with van der Waals surface area (Å²) in [5, 5.41) is 7.35. The van der Waals surface area contributed by atoms with E-state index in [2.05, 4.69) is 62.9 Å². The Morgan fingerprint density at radius 1 is 0.972 bits per heavy atom. The Bertz CT molecular complexity index is 1140. The second-order valence-corrected chi connectivity index (χ2v) is 9.66. The first-order valence-electron chi connectivity index (χ1n) is 12.6. The van der Waals surface area contributed by atoms with Gasteiger partial charge < -0.3 is 15.5 Å². The third-order valence-corrected chi connectivity index (χ3v) is 7.15. The Morgan fingerprint density at radius 3 is 2.50 bits per heavy atom. The standard InChI is InChI=1S/C28H35N5O.2ClH/c1-21-12-13-25-26(29-21)10-5-11-27(25)33-18-16-32(17-19-33)15-14-22-6-4-9-24(20-22)31-28(34)30-23-7-2-3-8-23;;/h4-6,9-13,20,23H,2-3,7-8,14-19H2,1H3,(H2,30,31,34);2*1H. The molecule has 1 aromatic heterocycles. The van der Waals surface area contributed by atoms with Gasteiger partial charge in [0.2, 0.25) is 0 Å². The van der Waals surface area contributed by atoms with E-state index in [-0.39, 0.29) is 30.8 Å². The molecular formula is C28H37Cl2N5O. The monoisotopic (exact) mass is 529 g/mol. The number of fused-ring (bicyclic) bond motifs is 1. The van der Waals surface area contributed by atoms with Crippen molar-refractivity contribution in [2.75, 3.05) is 42.9 Å². The lowest BCUT2D eigenvalue weighted by atomic mass is 10.1. The predicted octanol–water partition coefficient (Wildman–Crippen LogP) is 5.82. The van der Waals surface area contributed by atoms with Crippen molar-refractivity contribution in [1.29, 1.82) is 0 Å². The molecule has 194 valence electrons. The van der Waals surface area contributed by atoms with Gasteiger partial charge in [-0.15, -0.1) is 24.8 Å². The minimum absolute atomic E-state index is 0. The molecule has 2 heterocycles. The summed E-state index contributed by atoms with van der Waals surface area (Å²) in [7, 11) is 0. The molecule has 1 saturated heterocycles. The maximum Gasteiger partial charge on any atom is 0.319 e. The van der Waals surface area contributed by atoms with Crippen molar-refractivity contribution in [3.8, 4) is 0 Å². The van der Waals surface area contributed by atoms with Gasteiger partial charge in [0, 0.05) is 61.2 Å². The number of aryl methyl sites for hydroxylation is 1. The van der Waals surface area contributed by atoms with Gasteiger partial charge in [0.1, 0.15) is 0 Å². The largest absolute Gasteiger partial charge is 0.368 e. The molecule has 8 heteroatoms. The summed E-state index contributed by atoms with van der Waals surface area (Å²) in [5.41, 5.74) is 5.56. The Hall–Kier alpha value is -2.54. The van der Waals surface area contributed by atoms with Crippen LogP contribution >= 0.6 is 24.8 Å². The lowest BCUT2D eigenvalue weighted by Gasteiger charge is -2.36. The Kier molecular flexibility index (Phi) is 10.2. The number of anilines is 2. The molecule has 2 aromatic carbocycles. The number of rotatable bonds is 6. The fourth-order valence-corrected chi connectivity index (χ4v) is 5.24. The van der Waals surface area contributed by atoms with Crippen LogP contribution in [0.5, 0.6) is 0 Å². The first-order chi connectivity index (χ1) is 16.6. The molecule has 0 unspecified atom stereocenters. The van der Waals surface area contributed by atoms with E-state index in [0.29, 0.717) is 6.04 Å². The molecule has 0 bridgehead atoms.